The van der Waals surface area contributed by atoms with Gasteiger partial charge in [0, 0.05) is 4.88 Å². The Balaban J connectivity index is 1.81. The van der Waals surface area contributed by atoms with E-state index >= 15 is 0 Å². The number of thiophene rings is 1. The Morgan fingerprint density at radius 2 is 2.00 bits per heavy atom. The fraction of sp³-hybridized carbons (Fsp3) is 0.455. The summed E-state index contributed by atoms with van der Waals surface area (Å²) in [4.78, 5) is 26.5. The lowest BCUT2D eigenvalue weighted by atomic mass is 9.85. The smallest absolute Gasteiger partial charge is 0.341 e. The van der Waals surface area contributed by atoms with Gasteiger partial charge in [-0.05, 0) is 56.7 Å². The number of para-hydroxylation sites is 1. The van der Waals surface area contributed by atoms with Gasteiger partial charge in [0.2, 0.25) is 0 Å². The van der Waals surface area contributed by atoms with Crippen molar-refractivity contribution in [2.24, 2.45) is 5.92 Å². The Kier molecular flexibility index (Phi) is 6.73. The molecule has 1 aromatic heterocycles. The first-order valence-corrected chi connectivity index (χ1v) is 10.7. The molecule has 1 aromatic carbocycles. The van der Waals surface area contributed by atoms with Crippen LogP contribution in [-0.4, -0.2) is 24.6 Å². The Bertz CT molecular complexity index is 831. The summed E-state index contributed by atoms with van der Waals surface area (Å²) < 4.78 is 11.0. The second-order valence-electron chi connectivity index (χ2n) is 7.01. The molecule has 1 amide bonds. The van der Waals surface area contributed by atoms with Gasteiger partial charge in [-0.2, -0.15) is 0 Å². The average molecular weight is 402 g/mol. The molecule has 1 heterocycles. The van der Waals surface area contributed by atoms with Gasteiger partial charge in [0.1, 0.15) is 10.8 Å². The molecule has 1 aliphatic carbocycles. The van der Waals surface area contributed by atoms with E-state index in [-0.39, 0.29) is 11.9 Å². The summed E-state index contributed by atoms with van der Waals surface area (Å²) in [6.07, 6.45) is 3.31. The molecular formula is C22H27NO4S. The third-order valence-corrected chi connectivity index (χ3v) is 6.26. The lowest BCUT2D eigenvalue weighted by Gasteiger charge is -2.21. The quantitative estimate of drug-likeness (QED) is 0.674. The highest BCUT2D eigenvalue weighted by Gasteiger charge is 2.30. The maximum absolute atomic E-state index is 12.7. The van der Waals surface area contributed by atoms with Crippen molar-refractivity contribution >= 4 is 28.2 Å². The maximum atomic E-state index is 12.7. The second-order valence-corrected chi connectivity index (χ2v) is 8.11. The molecule has 1 aliphatic rings. The van der Waals surface area contributed by atoms with Crippen molar-refractivity contribution in [2.45, 2.75) is 52.6 Å². The molecule has 0 saturated heterocycles. The Hall–Kier alpha value is -2.34. The molecule has 1 N–H and O–H groups in total. The molecule has 0 bridgehead atoms. The van der Waals surface area contributed by atoms with Crippen molar-refractivity contribution in [1.82, 2.24) is 0 Å². The van der Waals surface area contributed by atoms with Gasteiger partial charge in [-0.3, -0.25) is 4.79 Å². The van der Waals surface area contributed by atoms with Gasteiger partial charge < -0.3 is 14.8 Å². The fourth-order valence-electron chi connectivity index (χ4n) is 3.48. The third kappa shape index (κ3) is 4.55. The van der Waals surface area contributed by atoms with E-state index in [9.17, 15) is 9.59 Å². The molecule has 28 heavy (non-hydrogen) atoms. The van der Waals surface area contributed by atoms with Crippen LogP contribution in [-0.2, 0) is 22.4 Å². The number of amides is 1. The number of ether oxygens (including phenoxy) is 2. The highest BCUT2D eigenvalue weighted by Crippen LogP contribution is 2.40. The first-order valence-electron chi connectivity index (χ1n) is 9.87. The van der Waals surface area contributed by atoms with Crippen molar-refractivity contribution in [3.63, 3.8) is 0 Å². The van der Waals surface area contributed by atoms with E-state index in [1.54, 1.807) is 13.8 Å². The largest absolute Gasteiger partial charge is 0.481 e. The number of nitrogens with one attached hydrogen (secondary N) is 1. The third-order valence-electron chi connectivity index (χ3n) is 5.09. The molecule has 5 nitrogen and oxygen atoms in total. The van der Waals surface area contributed by atoms with Crippen LogP contribution in [0.5, 0.6) is 5.75 Å². The van der Waals surface area contributed by atoms with Gasteiger partial charge >= 0.3 is 5.97 Å². The van der Waals surface area contributed by atoms with Gasteiger partial charge in [0.25, 0.3) is 5.91 Å². The number of hydrogen-bond acceptors (Lipinski definition) is 5. The standard InChI is InChI=1S/C22H27NO4S/c1-4-15-11-12-17-18(13-15)28-21(19(17)22(25)26-5-2)23-20(24)14(3)27-16-9-7-6-8-10-16/h6-10,14-15H,4-5,11-13H2,1-3H3,(H,23,24)/t14-,15-/m1/s1. The zero-order valence-electron chi connectivity index (χ0n) is 16.6. The SMILES string of the molecule is CCOC(=O)c1c(NC(=O)[C@@H](C)Oc2ccccc2)sc2c1CC[C@@H](CC)C2. The summed E-state index contributed by atoms with van der Waals surface area (Å²) in [5.74, 6) is 0.624. The van der Waals surface area contributed by atoms with Gasteiger partial charge in [0.05, 0.1) is 12.2 Å². The van der Waals surface area contributed by atoms with E-state index in [1.165, 1.54) is 16.2 Å². The van der Waals surface area contributed by atoms with Crippen molar-refractivity contribution in [1.29, 1.82) is 0 Å². The predicted octanol–water partition coefficient (Wildman–Crippen LogP) is 4.85. The number of anilines is 1. The lowest BCUT2D eigenvalue weighted by Crippen LogP contribution is -2.30. The second kappa shape index (κ2) is 9.24. The first kappa shape index (κ1) is 20.4. The molecule has 0 fully saturated rings. The summed E-state index contributed by atoms with van der Waals surface area (Å²) in [7, 11) is 0. The van der Waals surface area contributed by atoms with Crippen LogP contribution in [0.1, 0.15) is 54.4 Å². The molecule has 0 radical (unpaired) electrons. The minimum absolute atomic E-state index is 0.278. The molecule has 2 aromatic rings. The number of carbonyl (C=O) groups excluding carboxylic acids is 2. The Labute approximate surface area is 170 Å². The molecule has 0 saturated carbocycles. The van der Waals surface area contributed by atoms with Crippen LogP contribution in [0.25, 0.3) is 0 Å². The number of benzene rings is 1. The van der Waals surface area contributed by atoms with E-state index < -0.39 is 6.10 Å². The van der Waals surface area contributed by atoms with Crippen LogP contribution in [0.4, 0.5) is 5.00 Å². The Morgan fingerprint density at radius 1 is 1.25 bits per heavy atom. The molecule has 2 atom stereocenters. The van der Waals surface area contributed by atoms with Gasteiger partial charge in [-0.15, -0.1) is 11.3 Å². The Morgan fingerprint density at radius 3 is 2.68 bits per heavy atom. The zero-order chi connectivity index (χ0) is 20.1. The molecule has 6 heteroatoms. The van der Waals surface area contributed by atoms with Crippen LogP contribution in [0.2, 0.25) is 0 Å². The van der Waals surface area contributed by atoms with E-state index in [4.69, 9.17) is 9.47 Å². The van der Waals surface area contributed by atoms with E-state index in [1.807, 2.05) is 30.3 Å². The molecule has 3 rings (SSSR count). The number of esters is 1. The zero-order valence-corrected chi connectivity index (χ0v) is 17.4. The summed E-state index contributed by atoms with van der Waals surface area (Å²) in [6.45, 7) is 5.99. The van der Waals surface area contributed by atoms with Crippen molar-refractivity contribution in [3.05, 3.63) is 46.3 Å². The summed E-state index contributed by atoms with van der Waals surface area (Å²) in [5, 5.41) is 3.49. The molecule has 150 valence electrons. The van der Waals surface area contributed by atoms with Crippen molar-refractivity contribution < 1.29 is 19.1 Å². The summed E-state index contributed by atoms with van der Waals surface area (Å²) in [6, 6.07) is 9.22. The van der Waals surface area contributed by atoms with Crippen LogP contribution in [0.3, 0.4) is 0 Å². The van der Waals surface area contributed by atoms with Crippen molar-refractivity contribution in [2.75, 3.05) is 11.9 Å². The van der Waals surface area contributed by atoms with Crippen LogP contribution in [0.15, 0.2) is 30.3 Å². The molecule has 0 spiro atoms. The van der Waals surface area contributed by atoms with Crippen LogP contribution >= 0.6 is 11.3 Å². The number of fused-ring (bicyclic) bond motifs is 1. The number of hydrogen-bond donors (Lipinski definition) is 1. The summed E-state index contributed by atoms with van der Waals surface area (Å²) >= 11 is 1.50. The van der Waals surface area contributed by atoms with E-state index in [0.717, 1.165) is 31.2 Å². The number of rotatable bonds is 7. The average Bonchev–Trinajstić information content (AvgIpc) is 3.05. The topological polar surface area (TPSA) is 64.6 Å². The predicted molar refractivity (Wildman–Crippen MR) is 111 cm³/mol. The van der Waals surface area contributed by atoms with Crippen molar-refractivity contribution in [3.8, 4) is 5.75 Å². The maximum Gasteiger partial charge on any atom is 0.341 e. The minimum atomic E-state index is -0.681. The highest BCUT2D eigenvalue weighted by atomic mass is 32.1. The van der Waals surface area contributed by atoms with Gasteiger partial charge in [0.15, 0.2) is 6.10 Å². The first-order chi connectivity index (χ1) is 13.5. The minimum Gasteiger partial charge on any atom is -0.481 e. The fourth-order valence-corrected chi connectivity index (χ4v) is 4.83. The van der Waals surface area contributed by atoms with E-state index in [0.29, 0.717) is 28.8 Å². The van der Waals surface area contributed by atoms with Crippen LogP contribution in [0, 0.1) is 5.92 Å². The summed E-state index contributed by atoms with van der Waals surface area (Å²) in [5.41, 5.74) is 1.57. The van der Waals surface area contributed by atoms with Gasteiger partial charge in [-0.25, -0.2) is 4.79 Å². The molecule has 0 aliphatic heterocycles. The highest BCUT2D eigenvalue weighted by molar-refractivity contribution is 7.17. The molecular weight excluding hydrogens is 374 g/mol. The lowest BCUT2D eigenvalue weighted by molar-refractivity contribution is -0.122. The van der Waals surface area contributed by atoms with Gasteiger partial charge in [-0.1, -0.05) is 31.5 Å². The monoisotopic (exact) mass is 401 g/mol. The normalized spacial score (nSPS) is 16.8. The molecule has 0 unspecified atom stereocenters. The van der Waals surface area contributed by atoms with Crippen LogP contribution < -0.4 is 10.1 Å². The van der Waals surface area contributed by atoms with E-state index in [2.05, 4.69) is 12.2 Å². The number of carbonyl (C=O) groups is 2.